The average molecular weight is 279 g/mol. The number of hydrogen-bond acceptors (Lipinski definition) is 1. The van der Waals surface area contributed by atoms with Gasteiger partial charge in [-0.25, -0.2) is 4.39 Å². The van der Waals surface area contributed by atoms with Crippen LogP contribution in [0.4, 0.5) is 4.39 Å². The lowest BCUT2D eigenvalue weighted by atomic mass is 10.1. The molecule has 0 aromatic heterocycles. The van der Waals surface area contributed by atoms with Crippen molar-refractivity contribution in [3.63, 3.8) is 0 Å². The van der Waals surface area contributed by atoms with Crippen molar-refractivity contribution in [1.82, 2.24) is 5.32 Å². The molecule has 1 fully saturated rings. The molecule has 0 radical (unpaired) electrons. The van der Waals surface area contributed by atoms with E-state index in [2.05, 4.69) is 21.2 Å². The van der Waals surface area contributed by atoms with Crippen molar-refractivity contribution in [2.75, 3.05) is 6.54 Å². The van der Waals surface area contributed by atoms with Gasteiger partial charge in [-0.2, -0.15) is 0 Å². The Kier molecular flexibility index (Phi) is 3.10. The van der Waals surface area contributed by atoms with Crippen LogP contribution < -0.4 is 5.32 Å². The van der Waals surface area contributed by atoms with E-state index in [9.17, 15) is 4.39 Å². The normalized spacial score (nSPS) is 21.5. The van der Waals surface area contributed by atoms with E-state index in [1.165, 1.54) is 0 Å². The molecule has 0 unspecified atom stereocenters. The standard InChI is InChI=1S/C10H10BrClFN/c11-8-5-6(12)4-7(10(8)13)9-2-1-3-14-9/h4-5,9,14H,1-3H2/t9-/m0/s1. The van der Waals surface area contributed by atoms with Crippen molar-refractivity contribution in [3.8, 4) is 0 Å². The van der Waals surface area contributed by atoms with Crippen molar-refractivity contribution < 1.29 is 4.39 Å². The van der Waals surface area contributed by atoms with Gasteiger partial charge in [0.1, 0.15) is 5.82 Å². The summed E-state index contributed by atoms with van der Waals surface area (Å²) in [6, 6.07) is 3.39. The van der Waals surface area contributed by atoms with Gasteiger partial charge in [0.05, 0.1) is 4.47 Å². The molecule has 1 aliphatic rings. The first-order valence-electron chi connectivity index (χ1n) is 4.56. The van der Waals surface area contributed by atoms with Crippen LogP contribution in [0.3, 0.4) is 0 Å². The minimum absolute atomic E-state index is 0.116. The molecule has 1 aromatic carbocycles. The smallest absolute Gasteiger partial charge is 0.142 e. The largest absolute Gasteiger partial charge is 0.310 e. The van der Waals surface area contributed by atoms with Gasteiger partial charge in [0.2, 0.25) is 0 Å². The lowest BCUT2D eigenvalue weighted by molar-refractivity contribution is 0.554. The van der Waals surface area contributed by atoms with Crippen LogP contribution in [0.25, 0.3) is 0 Å². The number of rotatable bonds is 1. The highest BCUT2D eigenvalue weighted by molar-refractivity contribution is 9.10. The van der Waals surface area contributed by atoms with Crippen LogP contribution in [-0.4, -0.2) is 6.54 Å². The number of hydrogen-bond donors (Lipinski definition) is 1. The molecule has 1 saturated heterocycles. The Labute approximate surface area is 95.8 Å². The zero-order chi connectivity index (χ0) is 10.1. The molecule has 1 aliphatic heterocycles. The SMILES string of the molecule is Fc1c(Br)cc(Cl)cc1[C@@H]1CCCN1. The van der Waals surface area contributed by atoms with E-state index < -0.39 is 0 Å². The van der Waals surface area contributed by atoms with Crippen molar-refractivity contribution in [2.45, 2.75) is 18.9 Å². The molecule has 1 nitrogen and oxygen atoms in total. The van der Waals surface area contributed by atoms with Crippen LogP contribution in [0.1, 0.15) is 24.4 Å². The summed E-state index contributed by atoms with van der Waals surface area (Å²) in [5.41, 5.74) is 0.668. The molecule has 76 valence electrons. The van der Waals surface area contributed by atoms with E-state index in [0.29, 0.717) is 15.1 Å². The fourth-order valence-corrected chi connectivity index (χ4v) is 2.61. The van der Waals surface area contributed by atoms with Crippen molar-refractivity contribution in [3.05, 3.63) is 33.0 Å². The Balaban J connectivity index is 2.40. The molecule has 1 heterocycles. The lowest BCUT2D eigenvalue weighted by Gasteiger charge is -2.13. The highest BCUT2D eigenvalue weighted by atomic mass is 79.9. The first-order chi connectivity index (χ1) is 6.68. The Hall–Kier alpha value is -0.120. The Morgan fingerprint density at radius 2 is 2.29 bits per heavy atom. The van der Waals surface area contributed by atoms with Gasteiger partial charge in [-0.3, -0.25) is 0 Å². The quantitative estimate of drug-likeness (QED) is 0.773. The summed E-state index contributed by atoms with van der Waals surface area (Å²) in [5, 5.41) is 3.82. The zero-order valence-electron chi connectivity index (χ0n) is 7.49. The summed E-state index contributed by atoms with van der Waals surface area (Å²) < 4.78 is 14.1. The topological polar surface area (TPSA) is 12.0 Å². The zero-order valence-corrected chi connectivity index (χ0v) is 9.83. The van der Waals surface area contributed by atoms with Crippen LogP contribution in [0, 0.1) is 5.82 Å². The second-order valence-electron chi connectivity index (χ2n) is 3.44. The highest BCUT2D eigenvalue weighted by Crippen LogP contribution is 2.31. The van der Waals surface area contributed by atoms with Gasteiger partial charge in [0, 0.05) is 16.6 Å². The molecule has 4 heteroatoms. The number of nitrogens with one attached hydrogen (secondary N) is 1. The van der Waals surface area contributed by atoms with Crippen LogP contribution in [0.5, 0.6) is 0 Å². The van der Waals surface area contributed by atoms with Crippen molar-refractivity contribution in [1.29, 1.82) is 0 Å². The van der Waals surface area contributed by atoms with E-state index in [-0.39, 0.29) is 11.9 Å². The summed E-state index contributed by atoms with van der Waals surface area (Å²) in [5.74, 6) is -0.200. The van der Waals surface area contributed by atoms with E-state index >= 15 is 0 Å². The molecule has 2 rings (SSSR count). The predicted octanol–water partition coefficient (Wildman–Crippen LogP) is 3.67. The van der Waals surface area contributed by atoms with Gasteiger partial charge in [0.15, 0.2) is 0 Å². The maximum absolute atomic E-state index is 13.7. The molecule has 0 bridgehead atoms. The van der Waals surface area contributed by atoms with Gasteiger partial charge >= 0.3 is 0 Å². The Morgan fingerprint density at radius 1 is 1.50 bits per heavy atom. The van der Waals surface area contributed by atoms with E-state index in [0.717, 1.165) is 19.4 Å². The Bertz CT molecular complexity index is 350. The molecular formula is C10H10BrClFN. The molecule has 1 aromatic rings. The maximum atomic E-state index is 13.7. The lowest BCUT2D eigenvalue weighted by Crippen LogP contribution is -2.14. The van der Waals surface area contributed by atoms with Gasteiger partial charge < -0.3 is 5.32 Å². The minimum Gasteiger partial charge on any atom is -0.310 e. The minimum atomic E-state index is -0.200. The maximum Gasteiger partial charge on any atom is 0.142 e. The van der Waals surface area contributed by atoms with Gasteiger partial charge in [-0.15, -0.1) is 0 Å². The molecule has 0 amide bonds. The van der Waals surface area contributed by atoms with E-state index in [1.807, 2.05) is 0 Å². The predicted molar refractivity (Wildman–Crippen MR) is 59.1 cm³/mol. The van der Waals surface area contributed by atoms with E-state index in [1.54, 1.807) is 12.1 Å². The second kappa shape index (κ2) is 4.17. The number of benzene rings is 1. The summed E-state index contributed by atoms with van der Waals surface area (Å²) >= 11 is 9.03. The average Bonchev–Trinajstić information content (AvgIpc) is 2.63. The van der Waals surface area contributed by atoms with E-state index in [4.69, 9.17) is 11.6 Å². The first-order valence-corrected chi connectivity index (χ1v) is 5.73. The second-order valence-corrected chi connectivity index (χ2v) is 4.73. The number of halogens is 3. The summed E-state index contributed by atoms with van der Waals surface area (Å²) in [6.07, 6.45) is 2.07. The van der Waals surface area contributed by atoms with Crippen LogP contribution in [0.2, 0.25) is 5.02 Å². The molecule has 0 aliphatic carbocycles. The molecule has 14 heavy (non-hydrogen) atoms. The van der Waals surface area contributed by atoms with Crippen LogP contribution in [0.15, 0.2) is 16.6 Å². The van der Waals surface area contributed by atoms with Gasteiger partial charge in [-0.1, -0.05) is 11.6 Å². The van der Waals surface area contributed by atoms with Gasteiger partial charge in [-0.05, 0) is 47.4 Å². The molecule has 0 saturated carbocycles. The fourth-order valence-electron chi connectivity index (χ4n) is 1.78. The first kappa shape index (κ1) is 10.4. The third-order valence-electron chi connectivity index (χ3n) is 2.46. The Morgan fingerprint density at radius 3 is 2.93 bits per heavy atom. The summed E-state index contributed by atoms with van der Waals surface area (Å²) in [6.45, 7) is 0.953. The fraction of sp³-hybridized carbons (Fsp3) is 0.400. The summed E-state index contributed by atoms with van der Waals surface area (Å²) in [4.78, 5) is 0. The van der Waals surface area contributed by atoms with Crippen molar-refractivity contribution in [2.24, 2.45) is 0 Å². The third kappa shape index (κ3) is 1.95. The van der Waals surface area contributed by atoms with Crippen LogP contribution in [-0.2, 0) is 0 Å². The molecule has 0 spiro atoms. The van der Waals surface area contributed by atoms with Crippen molar-refractivity contribution >= 4 is 27.5 Å². The van der Waals surface area contributed by atoms with Gasteiger partial charge in [0.25, 0.3) is 0 Å². The molecule has 1 atom stereocenters. The summed E-state index contributed by atoms with van der Waals surface area (Å²) in [7, 11) is 0. The molecule has 1 N–H and O–H groups in total. The monoisotopic (exact) mass is 277 g/mol. The van der Waals surface area contributed by atoms with Crippen LogP contribution >= 0.6 is 27.5 Å². The highest BCUT2D eigenvalue weighted by Gasteiger charge is 2.21. The third-order valence-corrected chi connectivity index (χ3v) is 3.25. The molecular weight excluding hydrogens is 268 g/mol.